The summed E-state index contributed by atoms with van der Waals surface area (Å²) in [5.41, 5.74) is 19.1. The fraction of sp³-hybridized carbons (Fsp3) is 0.263. The molecule has 2 aromatic rings. The molecule has 0 aliphatic carbocycles. The molecule has 27 heavy (non-hydrogen) atoms. The quantitative estimate of drug-likeness (QED) is 0.255. The van der Waals surface area contributed by atoms with Crippen LogP contribution in [-0.4, -0.2) is 37.8 Å². The van der Waals surface area contributed by atoms with E-state index < -0.39 is 18.0 Å². The van der Waals surface area contributed by atoms with Crippen LogP contribution in [0.2, 0.25) is 0 Å². The molecule has 1 unspecified atom stereocenters. The minimum Gasteiger partial charge on any atom is -0.462 e. The second-order valence-electron chi connectivity index (χ2n) is 5.82. The Morgan fingerprint density at radius 3 is 2.11 bits per heavy atom. The van der Waals surface area contributed by atoms with E-state index in [-0.39, 0.29) is 19.8 Å². The Kier molecular flexibility index (Phi) is 7.60. The van der Waals surface area contributed by atoms with Gasteiger partial charge in [-0.3, -0.25) is 4.79 Å². The Bertz CT molecular complexity index is 747. The zero-order valence-electron chi connectivity index (χ0n) is 14.8. The van der Waals surface area contributed by atoms with Gasteiger partial charge in [0.05, 0.1) is 6.61 Å². The number of carbonyl (C=O) groups excluding carboxylic acids is 2. The van der Waals surface area contributed by atoms with Crippen LogP contribution in [0.15, 0.2) is 48.5 Å². The number of esters is 2. The van der Waals surface area contributed by atoms with Crippen LogP contribution in [0.3, 0.4) is 0 Å². The van der Waals surface area contributed by atoms with Crippen molar-refractivity contribution in [2.75, 3.05) is 31.3 Å². The molecule has 2 rings (SSSR count). The van der Waals surface area contributed by atoms with Gasteiger partial charge >= 0.3 is 11.9 Å². The van der Waals surface area contributed by atoms with Crippen molar-refractivity contribution in [3.63, 3.8) is 0 Å². The molecular formula is C19H23N3O5. The zero-order valence-corrected chi connectivity index (χ0v) is 14.8. The molecule has 0 aliphatic rings. The summed E-state index contributed by atoms with van der Waals surface area (Å²) in [5.74, 6) is -0.733. The standard InChI is InChI=1S/C19H23N3O5/c20-14-3-1-13(2-4-14)11-17(22)19(24)26-10-9-25-12-18(23)27-16-7-5-15(21)6-8-16/h1-8,17H,9-12,20-22H2. The van der Waals surface area contributed by atoms with Crippen molar-refractivity contribution in [2.45, 2.75) is 12.5 Å². The fourth-order valence-corrected chi connectivity index (χ4v) is 2.15. The van der Waals surface area contributed by atoms with Crippen LogP contribution in [-0.2, 0) is 25.5 Å². The highest BCUT2D eigenvalue weighted by Gasteiger charge is 2.15. The minimum atomic E-state index is -0.788. The van der Waals surface area contributed by atoms with E-state index in [1.807, 2.05) is 0 Å². The molecule has 0 heterocycles. The summed E-state index contributed by atoms with van der Waals surface area (Å²) < 4.78 is 15.2. The van der Waals surface area contributed by atoms with Gasteiger partial charge in [-0.05, 0) is 48.4 Å². The second-order valence-corrected chi connectivity index (χ2v) is 5.82. The molecular weight excluding hydrogens is 350 g/mol. The number of hydrogen-bond donors (Lipinski definition) is 3. The van der Waals surface area contributed by atoms with Crippen molar-refractivity contribution in [3.8, 4) is 5.75 Å². The highest BCUT2D eigenvalue weighted by Crippen LogP contribution is 2.13. The molecule has 0 spiro atoms. The van der Waals surface area contributed by atoms with Gasteiger partial charge in [0.1, 0.15) is 25.0 Å². The molecule has 8 nitrogen and oxygen atoms in total. The topological polar surface area (TPSA) is 140 Å². The predicted octanol–water partition coefficient (Wildman–Crippen LogP) is 0.886. The van der Waals surface area contributed by atoms with Gasteiger partial charge in [0.2, 0.25) is 0 Å². The van der Waals surface area contributed by atoms with Gasteiger partial charge in [-0.1, -0.05) is 12.1 Å². The third-order valence-electron chi connectivity index (χ3n) is 3.54. The maximum absolute atomic E-state index is 11.9. The van der Waals surface area contributed by atoms with E-state index >= 15 is 0 Å². The van der Waals surface area contributed by atoms with Crippen LogP contribution >= 0.6 is 0 Å². The Morgan fingerprint density at radius 1 is 0.889 bits per heavy atom. The van der Waals surface area contributed by atoms with E-state index in [1.165, 1.54) is 0 Å². The van der Waals surface area contributed by atoms with Crippen LogP contribution in [0.1, 0.15) is 5.56 Å². The van der Waals surface area contributed by atoms with Crippen LogP contribution in [0.5, 0.6) is 5.75 Å². The molecule has 6 N–H and O–H groups in total. The van der Waals surface area contributed by atoms with Gasteiger partial charge in [-0.2, -0.15) is 0 Å². The van der Waals surface area contributed by atoms with Crippen LogP contribution in [0.4, 0.5) is 11.4 Å². The third-order valence-corrected chi connectivity index (χ3v) is 3.54. The summed E-state index contributed by atoms with van der Waals surface area (Å²) in [6.45, 7) is -0.222. The first-order valence-corrected chi connectivity index (χ1v) is 8.34. The number of nitrogens with two attached hydrogens (primary N) is 3. The largest absolute Gasteiger partial charge is 0.462 e. The van der Waals surface area contributed by atoms with Crippen molar-refractivity contribution in [1.82, 2.24) is 0 Å². The first-order valence-electron chi connectivity index (χ1n) is 8.34. The number of anilines is 2. The van der Waals surface area contributed by atoms with E-state index in [1.54, 1.807) is 48.5 Å². The van der Waals surface area contributed by atoms with Crippen LogP contribution in [0.25, 0.3) is 0 Å². The van der Waals surface area contributed by atoms with Gasteiger partial charge in [-0.25, -0.2) is 4.79 Å². The van der Waals surface area contributed by atoms with E-state index in [4.69, 9.17) is 31.4 Å². The molecule has 2 aromatic carbocycles. The normalized spacial score (nSPS) is 11.6. The molecule has 1 atom stereocenters. The molecule has 0 aliphatic heterocycles. The fourth-order valence-electron chi connectivity index (χ4n) is 2.15. The third kappa shape index (κ3) is 7.35. The van der Waals surface area contributed by atoms with Gasteiger partial charge in [-0.15, -0.1) is 0 Å². The molecule has 144 valence electrons. The first-order chi connectivity index (χ1) is 12.9. The zero-order chi connectivity index (χ0) is 19.6. The van der Waals surface area contributed by atoms with Gasteiger partial charge < -0.3 is 31.4 Å². The van der Waals surface area contributed by atoms with E-state index in [9.17, 15) is 9.59 Å². The average Bonchev–Trinajstić information content (AvgIpc) is 2.65. The number of hydrogen-bond acceptors (Lipinski definition) is 8. The average molecular weight is 373 g/mol. The molecule has 8 heteroatoms. The lowest BCUT2D eigenvalue weighted by atomic mass is 10.1. The summed E-state index contributed by atoms with van der Waals surface area (Å²) in [6, 6.07) is 12.7. The summed E-state index contributed by atoms with van der Waals surface area (Å²) in [4.78, 5) is 23.5. The molecule has 0 aromatic heterocycles. The molecule has 0 fully saturated rings. The highest BCUT2D eigenvalue weighted by atomic mass is 16.6. The number of carbonyl (C=O) groups is 2. The predicted molar refractivity (Wildman–Crippen MR) is 101 cm³/mol. The number of rotatable bonds is 9. The van der Waals surface area contributed by atoms with Crippen molar-refractivity contribution in [2.24, 2.45) is 5.73 Å². The number of nitrogen functional groups attached to an aromatic ring is 2. The summed E-state index contributed by atoms with van der Waals surface area (Å²) in [6.07, 6.45) is 0.341. The lowest BCUT2D eigenvalue weighted by molar-refractivity contribution is -0.147. The van der Waals surface area contributed by atoms with E-state index in [2.05, 4.69) is 0 Å². The number of ether oxygens (including phenoxy) is 3. The summed E-state index contributed by atoms with van der Waals surface area (Å²) in [5, 5.41) is 0. The van der Waals surface area contributed by atoms with Crippen LogP contribution in [0, 0.1) is 0 Å². The molecule has 0 amide bonds. The van der Waals surface area contributed by atoms with Gasteiger partial charge in [0.25, 0.3) is 0 Å². The smallest absolute Gasteiger partial charge is 0.337 e. The second kappa shape index (κ2) is 10.1. The van der Waals surface area contributed by atoms with Crippen molar-refractivity contribution in [1.29, 1.82) is 0 Å². The molecule has 0 bridgehead atoms. The Balaban J connectivity index is 1.59. The van der Waals surface area contributed by atoms with Crippen molar-refractivity contribution in [3.05, 3.63) is 54.1 Å². The lowest BCUT2D eigenvalue weighted by Crippen LogP contribution is -2.35. The maximum Gasteiger partial charge on any atom is 0.337 e. The monoisotopic (exact) mass is 373 g/mol. The summed E-state index contributed by atoms with van der Waals surface area (Å²) >= 11 is 0. The SMILES string of the molecule is Nc1ccc(CC(N)C(=O)OCCOCC(=O)Oc2ccc(N)cc2)cc1. The number of benzene rings is 2. The van der Waals surface area contributed by atoms with Crippen LogP contribution < -0.4 is 21.9 Å². The Hall–Kier alpha value is -3.10. The lowest BCUT2D eigenvalue weighted by Gasteiger charge is -2.12. The Morgan fingerprint density at radius 2 is 1.48 bits per heavy atom. The maximum atomic E-state index is 11.9. The van der Waals surface area contributed by atoms with Gasteiger partial charge in [0, 0.05) is 11.4 Å². The summed E-state index contributed by atoms with van der Waals surface area (Å²) in [7, 11) is 0. The van der Waals surface area contributed by atoms with Gasteiger partial charge in [0.15, 0.2) is 0 Å². The molecule has 0 radical (unpaired) electrons. The van der Waals surface area contributed by atoms with E-state index in [0.717, 1.165) is 5.56 Å². The highest BCUT2D eigenvalue weighted by molar-refractivity contribution is 5.76. The van der Waals surface area contributed by atoms with Crippen molar-refractivity contribution >= 4 is 23.3 Å². The van der Waals surface area contributed by atoms with E-state index in [0.29, 0.717) is 23.5 Å². The molecule has 0 saturated heterocycles. The first kappa shape index (κ1) is 20.2. The minimum absolute atomic E-state index is 0.0105. The van der Waals surface area contributed by atoms with Crippen molar-refractivity contribution < 1.29 is 23.8 Å². The Labute approximate surface area is 157 Å². The molecule has 0 saturated carbocycles.